The van der Waals surface area contributed by atoms with E-state index in [9.17, 15) is 9.59 Å². The van der Waals surface area contributed by atoms with Crippen LogP contribution in [0.1, 0.15) is 87.0 Å². The molecule has 1 aliphatic heterocycles. The standard InChI is InChI=1S/C23H40O3/c1-15(2)8-16(3)9-17(4)10-18(5)11-19(6)12-20(7)13-21-14-22(24)26-23(21)25/h12,15-19,21H,8-11,13-14H2,1-7H3. The zero-order valence-electron chi connectivity index (χ0n) is 18.0. The number of carbonyl (C=O) groups excluding carboxylic acids is 2. The number of cyclic esters (lactones) is 2. The summed E-state index contributed by atoms with van der Waals surface area (Å²) in [6, 6.07) is 0. The fraction of sp³-hybridized carbons (Fsp3) is 0.826. The first-order valence-electron chi connectivity index (χ1n) is 10.5. The second kappa shape index (κ2) is 10.9. The maximum Gasteiger partial charge on any atom is 0.317 e. The minimum atomic E-state index is -0.379. The van der Waals surface area contributed by atoms with Gasteiger partial charge in [0.05, 0.1) is 12.3 Å². The Labute approximate surface area is 161 Å². The Kier molecular flexibility index (Phi) is 9.60. The molecule has 3 nitrogen and oxygen atoms in total. The van der Waals surface area contributed by atoms with Gasteiger partial charge in [-0.15, -0.1) is 0 Å². The Balaban J connectivity index is 2.37. The lowest BCUT2D eigenvalue weighted by atomic mass is 9.83. The number of allylic oxidation sites excluding steroid dienone is 2. The smallest absolute Gasteiger partial charge is 0.317 e. The summed E-state index contributed by atoms with van der Waals surface area (Å²) in [5.74, 6) is 2.57. The lowest BCUT2D eigenvalue weighted by Gasteiger charge is -2.23. The number of esters is 2. The highest BCUT2D eigenvalue weighted by atomic mass is 16.6. The van der Waals surface area contributed by atoms with Gasteiger partial charge in [0.25, 0.3) is 0 Å². The van der Waals surface area contributed by atoms with Gasteiger partial charge in [0, 0.05) is 0 Å². The third kappa shape index (κ3) is 9.00. The molecule has 0 amide bonds. The van der Waals surface area contributed by atoms with Crippen molar-refractivity contribution in [2.45, 2.75) is 87.0 Å². The predicted molar refractivity (Wildman–Crippen MR) is 108 cm³/mol. The minimum Gasteiger partial charge on any atom is -0.393 e. The van der Waals surface area contributed by atoms with Crippen LogP contribution in [0.15, 0.2) is 11.6 Å². The largest absolute Gasteiger partial charge is 0.393 e. The van der Waals surface area contributed by atoms with E-state index in [-0.39, 0.29) is 24.3 Å². The van der Waals surface area contributed by atoms with Gasteiger partial charge in [0.2, 0.25) is 0 Å². The fourth-order valence-corrected chi connectivity index (χ4v) is 4.79. The van der Waals surface area contributed by atoms with Crippen molar-refractivity contribution in [2.24, 2.45) is 35.5 Å². The second-order valence-electron chi connectivity index (χ2n) is 9.54. The Hall–Kier alpha value is -1.12. The molecule has 3 heteroatoms. The minimum absolute atomic E-state index is 0.237. The van der Waals surface area contributed by atoms with Crippen molar-refractivity contribution in [3.63, 3.8) is 0 Å². The molecule has 26 heavy (non-hydrogen) atoms. The molecule has 0 aromatic rings. The molecule has 150 valence electrons. The lowest BCUT2D eigenvalue weighted by Crippen LogP contribution is -2.11. The molecule has 1 saturated heterocycles. The van der Waals surface area contributed by atoms with E-state index in [1.807, 2.05) is 0 Å². The molecule has 0 aliphatic carbocycles. The van der Waals surface area contributed by atoms with Crippen LogP contribution in [0.5, 0.6) is 0 Å². The average Bonchev–Trinajstić information content (AvgIpc) is 2.74. The summed E-state index contributed by atoms with van der Waals surface area (Å²) in [4.78, 5) is 22.8. The molecule has 5 unspecified atom stereocenters. The zero-order valence-corrected chi connectivity index (χ0v) is 18.0. The zero-order chi connectivity index (χ0) is 19.9. The van der Waals surface area contributed by atoms with Gasteiger partial charge in [-0.05, 0) is 68.6 Å². The summed E-state index contributed by atoms with van der Waals surface area (Å²) in [6.07, 6.45) is 8.26. The van der Waals surface area contributed by atoms with E-state index in [2.05, 4.69) is 59.3 Å². The topological polar surface area (TPSA) is 43.4 Å². The molecule has 1 aliphatic rings. The molecule has 1 heterocycles. The Morgan fingerprint density at radius 3 is 2.00 bits per heavy atom. The molecule has 0 radical (unpaired) electrons. The van der Waals surface area contributed by atoms with Crippen molar-refractivity contribution in [3.05, 3.63) is 11.6 Å². The quantitative estimate of drug-likeness (QED) is 0.250. The molecular weight excluding hydrogens is 324 g/mol. The summed E-state index contributed by atoms with van der Waals surface area (Å²) >= 11 is 0. The molecule has 0 saturated carbocycles. The third-order valence-corrected chi connectivity index (χ3v) is 5.36. The maximum absolute atomic E-state index is 11.6. The van der Waals surface area contributed by atoms with Crippen LogP contribution in [-0.2, 0) is 14.3 Å². The highest BCUT2D eigenvalue weighted by molar-refractivity contribution is 5.94. The van der Waals surface area contributed by atoms with Crippen LogP contribution in [-0.4, -0.2) is 11.9 Å². The van der Waals surface area contributed by atoms with Crippen LogP contribution in [0.25, 0.3) is 0 Å². The van der Waals surface area contributed by atoms with Crippen LogP contribution < -0.4 is 0 Å². The molecule has 0 N–H and O–H groups in total. The number of hydrogen-bond donors (Lipinski definition) is 0. The highest BCUT2D eigenvalue weighted by Gasteiger charge is 2.33. The monoisotopic (exact) mass is 364 g/mol. The SMILES string of the molecule is CC(=CC(C)CC(C)CC(C)CC(C)CC(C)C)CC1CC(=O)OC1=O. The van der Waals surface area contributed by atoms with Crippen molar-refractivity contribution in [1.82, 2.24) is 0 Å². The van der Waals surface area contributed by atoms with Crippen LogP contribution >= 0.6 is 0 Å². The second-order valence-corrected chi connectivity index (χ2v) is 9.54. The van der Waals surface area contributed by atoms with Gasteiger partial charge in [0.1, 0.15) is 0 Å². The van der Waals surface area contributed by atoms with Crippen molar-refractivity contribution in [3.8, 4) is 0 Å². The normalized spacial score (nSPS) is 23.1. The first kappa shape index (κ1) is 22.9. The fourth-order valence-electron chi connectivity index (χ4n) is 4.79. The Morgan fingerprint density at radius 1 is 0.962 bits per heavy atom. The predicted octanol–water partition coefficient (Wildman–Crippen LogP) is 6.17. The third-order valence-electron chi connectivity index (χ3n) is 5.36. The number of ether oxygens (including phenoxy) is 1. The first-order chi connectivity index (χ1) is 12.1. The van der Waals surface area contributed by atoms with Gasteiger partial charge < -0.3 is 4.74 Å². The summed E-state index contributed by atoms with van der Waals surface area (Å²) in [6.45, 7) is 16.1. The van der Waals surface area contributed by atoms with Gasteiger partial charge >= 0.3 is 11.9 Å². The molecule has 0 aromatic carbocycles. The molecule has 1 rings (SSSR count). The molecule has 0 aromatic heterocycles. The molecule has 1 fully saturated rings. The number of carbonyl (C=O) groups is 2. The maximum atomic E-state index is 11.6. The van der Waals surface area contributed by atoms with Crippen LogP contribution in [0.3, 0.4) is 0 Å². The molecule has 5 atom stereocenters. The van der Waals surface area contributed by atoms with Gasteiger partial charge in [-0.1, -0.05) is 53.2 Å². The van der Waals surface area contributed by atoms with Crippen LogP contribution in [0.4, 0.5) is 0 Å². The van der Waals surface area contributed by atoms with Crippen molar-refractivity contribution in [1.29, 1.82) is 0 Å². The van der Waals surface area contributed by atoms with E-state index < -0.39 is 0 Å². The van der Waals surface area contributed by atoms with E-state index in [4.69, 9.17) is 0 Å². The highest BCUT2D eigenvalue weighted by Crippen LogP contribution is 2.28. The Morgan fingerprint density at radius 2 is 1.50 bits per heavy atom. The average molecular weight is 365 g/mol. The van der Waals surface area contributed by atoms with E-state index in [0.29, 0.717) is 18.3 Å². The van der Waals surface area contributed by atoms with Gasteiger partial charge in [-0.3, -0.25) is 9.59 Å². The number of hydrogen-bond acceptors (Lipinski definition) is 3. The van der Waals surface area contributed by atoms with E-state index in [1.165, 1.54) is 31.3 Å². The summed E-state index contributed by atoms with van der Waals surface area (Å²) in [7, 11) is 0. The van der Waals surface area contributed by atoms with Gasteiger partial charge in [0.15, 0.2) is 0 Å². The van der Waals surface area contributed by atoms with Crippen LogP contribution in [0.2, 0.25) is 0 Å². The summed E-state index contributed by atoms with van der Waals surface area (Å²) in [5, 5.41) is 0. The van der Waals surface area contributed by atoms with E-state index in [1.54, 1.807) is 0 Å². The first-order valence-corrected chi connectivity index (χ1v) is 10.5. The molecule has 0 spiro atoms. The van der Waals surface area contributed by atoms with Crippen molar-refractivity contribution >= 4 is 11.9 Å². The Bertz CT molecular complexity index is 492. The van der Waals surface area contributed by atoms with Gasteiger partial charge in [-0.25, -0.2) is 0 Å². The lowest BCUT2D eigenvalue weighted by molar-refractivity contribution is -0.153. The van der Waals surface area contributed by atoms with E-state index >= 15 is 0 Å². The molecule has 0 bridgehead atoms. The molecular formula is C23H40O3. The van der Waals surface area contributed by atoms with Crippen LogP contribution in [0, 0.1) is 35.5 Å². The van der Waals surface area contributed by atoms with Crippen molar-refractivity contribution < 1.29 is 14.3 Å². The van der Waals surface area contributed by atoms with Crippen molar-refractivity contribution in [2.75, 3.05) is 0 Å². The van der Waals surface area contributed by atoms with E-state index in [0.717, 1.165) is 17.8 Å². The number of rotatable bonds is 11. The summed E-state index contributed by atoms with van der Waals surface area (Å²) in [5.41, 5.74) is 1.19. The summed E-state index contributed by atoms with van der Waals surface area (Å²) < 4.78 is 4.64. The van der Waals surface area contributed by atoms with Gasteiger partial charge in [-0.2, -0.15) is 0 Å².